The number of nitrogens with zero attached hydrogens (tertiary/aromatic N) is 3. The van der Waals surface area contributed by atoms with Crippen molar-refractivity contribution in [3.05, 3.63) is 60.3 Å². The fourth-order valence-electron chi connectivity index (χ4n) is 1.97. The van der Waals surface area contributed by atoms with Crippen LogP contribution < -0.4 is 5.32 Å². The number of hydrogen-bond acceptors (Lipinski definition) is 5. The normalized spacial score (nSPS) is 9.73. The third-order valence-electron chi connectivity index (χ3n) is 3.03. The zero-order valence-electron chi connectivity index (χ0n) is 11.4. The van der Waals surface area contributed by atoms with Gasteiger partial charge in [-0.1, -0.05) is 18.2 Å². The molecule has 0 unspecified atom stereocenters. The standard InChI is InChI=1S/C17H10N4O/c18-9-12(10-19)11-20-14-6-7-16-15(8-14)21-17(22-16)13-4-2-1-3-5-13/h1-8,11,20H. The van der Waals surface area contributed by atoms with Gasteiger partial charge >= 0.3 is 0 Å². The largest absolute Gasteiger partial charge is 0.436 e. The SMILES string of the molecule is N#CC(C#N)=CNc1ccc2oc(-c3ccccc3)nc2c1. The number of anilines is 1. The van der Waals surface area contributed by atoms with Crippen molar-refractivity contribution in [2.24, 2.45) is 0 Å². The van der Waals surface area contributed by atoms with Gasteiger partial charge in [0.1, 0.15) is 23.2 Å². The summed E-state index contributed by atoms with van der Waals surface area (Å²) in [6, 6.07) is 18.6. The van der Waals surface area contributed by atoms with E-state index in [-0.39, 0.29) is 5.57 Å². The molecule has 0 saturated carbocycles. The summed E-state index contributed by atoms with van der Waals surface area (Å²) in [6.45, 7) is 0. The third kappa shape index (κ3) is 2.65. The van der Waals surface area contributed by atoms with Gasteiger partial charge in [0.15, 0.2) is 5.58 Å². The van der Waals surface area contributed by atoms with Crippen LogP contribution in [0.2, 0.25) is 0 Å². The molecular weight excluding hydrogens is 276 g/mol. The van der Waals surface area contributed by atoms with E-state index in [2.05, 4.69) is 10.3 Å². The van der Waals surface area contributed by atoms with E-state index < -0.39 is 0 Å². The Kier molecular flexibility index (Phi) is 3.55. The van der Waals surface area contributed by atoms with Crippen LogP contribution >= 0.6 is 0 Å². The van der Waals surface area contributed by atoms with Gasteiger partial charge in [0, 0.05) is 17.5 Å². The molecule has 3 aromatic rings. The first kappa shape index (κ1) is 13.4. The minimum atomic E-state index is 0.00484. The first-order chi connectivity index (χ1) is 10.8. The molecule has 5 heteroatoms. The predicted octanol–water partition coefficient (Wildman–Crippen LogP) is 3.84. The Bertz CT molecular complexity index is 911. The van der Waals surface area contributed by atoms with Crippen LogP contribution in [0.15, 0.2) is 64.7 Å². The highest BCUT2D eigenvalue weighted by molar-refractivity contribution is 5.80. The van der Waals surface area contributed by atoms with Crippen LogP contribution in [0.5, 0.6) is 0 Å². The number of hydrogen-bond donors (Lipinski definition) is 1. The molecule has 0 spiro atoms. The topological polar surface area (TPSA) is 85.6 Å². The molecule has 0 atom stereocenters. The minimum Gasteiger partial charge on any atom is -0.436 e. The maximum absolute atomic E-state index is 8.70. The van der Waals surface area contributed by atoms with Crippen LogP contribution in [0, 0.1) is 22.7 Å². The fraction of sp³-hybridized carbons (Fsp3) is 0. The second kappa shape index (κ2) is 5.82. The van der Waals surface area contributed by atoms with E-state index in [0.29, 0.717) is 17.0 Å². The van der Waals surface area contributed by atoms with Gasteiger partial charge < -0.3 is 9.73 Å². The van der Waals surface area contributed by atoms with Crippen molar-refractivity contribution in [3.63, 3.8) is 0 Å². The quantitative estimate of drug-likeness (QED) is 0.739. The number of nitrogens with one attached hydrogen (secondary N) is 1. The van der Waals surface area contributed by atoms with Crippen LogP contribution in [0.1, 0.15) is 0 Å². The third-order valence-corrected chi connectivity index (χ3v) is 3.03. The molecule has 0 aliphatic rings. The number of fused-ring (bicyclic) bond motifs is 1. The molecule has 0 bridgehead atoms. The number of oxazole rings is 1. The molecule has 0 aliphatic heterocycles. The van der Waals surface area contributed by atoms with E-state index in [1.807, 2.05) is 30.3 Å². The second-order valence-electron chi connectivity index (χ2n) is 4.49. The van der Waals surface area contributed by atoms with Gasteiger partial charge in [0.25, 0.3) is 0 Å². The smallest absolute Gasteiger partial charge is 0.227 e. The summed E-state index contributed by atoms with van der Waals surface area (Å²) in [4.78, 5) is 4.45. The molecule has 0 amide bonds. The lowest BCUT2D eigenvalue weighted by molar-refractivity contribution is 0.620. The lowest BCUT2D eigenvalue weighted by atomic mass is 10.2. The highest BCUT2D eigenvalue weighted by Crippen LogP contribution is 2.26. The number of allylic oxidation sites excluding steroid dienone is 1. The van der Waals surface area contributed by atoms with Crippen LogP contribution in [-0.2, 0) is 0 Å². The van der Waals surface area contributed by atoms with Gasteiger partial charge in [-0.15, -0.1) is 0 Å². The van der Waals surface area contributed by atoms with Crippen LogP contribution in [0.3, 0.4) is 0 Å². The summed E-state index contributed by atoms with van der Waals surface area (Å²) in [7, 11) is 0. The Morgan fingerprint density at radius 2 is 1.86 bits per heavy atom. The van der Waals surface area contributed by atoms with Crippen LogP contribution in [0.4, 0.5) is 5.69 Å². The molecule has 2 aromatic carbocycles. The van der Waals surface area contributed by atoms with Gasteiger partial charge in [-0.2, -0.15) is 10.5 Å². The summed E-state index contributed by atoms with van der Waals surface area (Å²) >= 11 is 0. The number of rotatable bonds is 3. The first-order valence-corrected chi connectivity index (χ1v) is 6.53. The fourth-order valence-corrected chi connectivity index (χ4v) is 1.97. The van der Waals surface area contributed by atoms with Gasteiger partial charge in [0.05, 0.1) is 0 Å². The summed E-state index contributed by atoms with van der Waals surface area (Å²) in [6.07, 6.45) is 1.36. The van der Waals surface area contributed by atoms with Crippen LogP contribution in [0.25, 0.3) is 22.6 Å². The highest BCUT2D eigenvalue weighted by Gasteiger charge is 2.08. The van der Waals surface area contributed by atoms with E-state index in [9.17, 15) is 0 Å². The Morgan fingerprint density at radius 1 is 1.09 bits per heavy atom. The summed E-state index contributed by atoms with van der Waals surface area (Å²) in [5.41, 5.74) is 3.01. The molecule has 22 heavy (non-hydrogen) atoms. The Morgan fingerprint density at radius 3 is 2.59 bits per heavy atom. The molecule has 0 saturated heterocycles. The molecule has 1 heterocycles. The van der Waals surface area contributed by atoms with Gasteiger partial charge in [0.2, 0.25) is 5.89 Å². The van der Waals surface area contributed by atoms with E-state index in [1.165, 1.54) is 6.20 Å². The summed E-state index contributed by atoms with van der Waals surface area (Å²) < 4.78 is 5.72. The zero-order chi connectivity index (χ0) is 15.4. The lowest BCUT2D eigenvalue weighted by Gasteiger charge is -1.98. The maximum Gasteiger partial charge on any atom is 0.227 e. The Balaban J connectivity index is 1.93. The molecule has 0 radical (unpaired) electrons. The van der Waals surface area contributed by atoms with Crippen LogP contribution in [-0.4, -0.2) is 4.98 Å². The van der Waals surface area contributed by atoms with E-state index in [0.717, 1.165) is 11.3 Å². The number of benzene rings is 2. The van der Waals surface area contributed by atoms with Crippen molar-refractivity contribution < 1.29 is 4.42 Å². The molecule has 1 N–H and O–H groups in total. The molecule has 104 valence electrons. The van der Waals surface area contributed by atoms with Crippen molar-refractivity contribution in [1.29, 1.82) is 10.5 Å². The molecule has 3 rings (SSSR count). The Hall–Kier alpha value is -3.57. The second-order valence-corrected chi connectivity index (χ2v) is 4.49. The zero-order valence-corrected chi connectivity index (χ0v) is 11.4. The lowest BCUT2D eigenvalue weighted by Crippen LogP contribution is -1.89. The van der Waals surface area contributed by atoms with Crippen molar-refractivity contribution >= 4 is 16.8 Å². The molecule has 0 aliphatic carbocycles. The maximum atomic E-state index is 8.70. The van der Waals surface area contributed by atoms with Gasteiger partial charge in [-0.05, 0) is 30.3 Å². The first-order valence-electron chi connectivity index (χ1n) is 6.53. The van der Waals surface area contributed by atoms with E-state index in [1.54, 1.807) is 30.3 Å². The average molecular weight is 286 g/mol. The highest BCUT2D eigenvalue weighted by atomic mass is 16.3. The van der Waals surface area contributed by atoms with E-state index >= 15 is 0 Å². The number of nitriles is 2. The average Bonchev–Trinajstić information content (AvgIpc) is 3.00. The summed E-state index contributed by atoms with van der Waals surface area (Å²) in [5, 5.41) is 20.3. The van der Waals surface area contributed by atoms with E-state index in [4.69, 9.17) is 14.9 Å². The molecule has 5 nitrogen and oxygen atoms in total. The van der Waals surface area contributed by atoms with Gasteiger partial charge in [-0.25, -0.2) is 4.98 Å². The minimum absolute atomic E-state index is 0.00484. The van der Waals surface area contributed by atoms with Crippen molar-refractivity contribution in [1.82, 2.24) is 4.98 Å². The summed E-state index contributed by atoms with van der Waals surface area (Å²) in [5.74, 6) is 0.554. The van der Waals surface area contributed by atoms with Crippen molar-refractivity contribution in [3.8, 4) is 23.6 Å². The predicted molar refractivity (Wildman–Crippen MR) is 82.4 cm³/mol. The molecule has 1 aromatic heterocycles. The monoisotopic (exact) mass is 286 g/mol. The Labute approximate surface area is 126 Å². The van der Waals surface area contributed by atoms with Crippen molar-refractivity contribution in [2.45, 2.75) is 0 Å². The van der Waals surface area contributed by atoms with Gasteiger partial charge in [-0.3, -0.25) is 0 Å². The number of aromatic nitrogens is 1. The van der Waals surface area contributed by atoms with Crippen molar-refractivity contribution in [2.75, 3.05) is 5.32 Å². The molecular formula is C17H10N4O. The molecule has 0 fully saturated rings.